The Kier molecular flexibility index (Phi) is 4.45. The van der Waals surface area contributed by atoms with Gasteiger partial charge in [0.05, 0.1) is 23.3 Å². The van der Waals surface area contributed by atoms with E-state index in [1.54, 1.807) is 18.2 Å². The van der Waals surface area contributed by atoms with Crippen LogP contribution in [0.5, 0.6) is 0 Å². The minimum atomic E-state index is 0.123. The fourth-order valence-corrected chi connectivity index (χ4v) is 2.58. The van der Waals surface area contributed by atoms with Gasteiger partial charge in [-0.05, 0) is 23.7 Å². The van der Waals surface area contributed by atoms with Crippen molar-refractivity contribution in [2.24, 2.45) is 0 Å². The first-order valence-corrected chi connectivity index (χ1v) is 7.47. The third-order valence-electron chi connectivity index (χ3n) is 3.08. The molecular weight excluding hydrogens is 335 g/mol. The van der Waals surface area contributed by atoms with Gasteiger partial charge >= 0.3 is 0 Å². The molecule has 0 N–H and O–H groups in total. The first-order valence-electron chi connectivity index (χ1n) is 6.34. The minimum Gasteiger partial charge on any atom is -0.378 e. The Labute approximate surface area is 136 Å². The summed E-state index contributed by atoms with van der Waals surface area (Å²) in [5.74, 6) is 0.924. The Hall–Kier alpha value is -1.14. The first kappa shape index (κ1) is 14.8. The van der Waals surface area contributed by atoms with E-state index in [1.807, 2.05) is 4.90 Å². The van der Waals surface area contributed by atoms with Crippen LogP contribution >= 0.6 is 34.8 Å². The van der Waals surface area contributed by atoms with Gasteiger partial charge in [0.15, 0.2) is 5.82 Å². The van der Waals surface area contributed by atoms with Gasteiger partial charge in [-0.1, -0.05) is 29.3 Å². The summed E-state index contributed by atoms with van der Waals surface area (Å²) < 4.78 is 5.32. The van der Waals surface area contributed by atoms with Crippen molar-refractivity contribution < 1.29 is 4.74 Å². The Morgan fingerprint density at radius 1 is 1.00 bits per heavy atom. The van der Waals surface area contributed by atoms with Gasteiger partial charge in [0.1, 0.15) is 0 Å². The predicted molar refractivity (Wildman–Crippen MR) is 83.3 cm³/mol. The number of anilines is 1. The molecule has 0 radical (unpaired) electrons. The molecule has 0 spiro atoms. The van der Waals surface area contributed by atoms with Gasteiger partial charge < -0.3 is 9.64 Å². The zero-order chi connectivity index (χ0) is 14.8. The van der Waals surface area contributed by atoms with Crippen LogP contribution in [0.25, 0.3) is 11.4 Å². The highest BCUT2D eigenvalue weighted by Crippen LogP contribution is 2.32. The molecule has 5 nitrogen and oxygen atoms in total. The highest BCUT2D eigenvalue weighted by atomic mass is 35.5. The summed E-state index contributed by atoms with van der Waals surface area (Å²) in [4.78, 5) is 14.8. The highest BCUT2D eigenvalue weighted by Gasteiger charge is 2.18. The van der Waals surface area contributed by atoms with Crippen LogP contribution in [-0.2, 0) is 4.74 Å². The Balaban J connectivity index is 2.03. The lowest BCUT2D eigenvalue weighted by Gasteiger charge is -2.26. The van der Waals surface area contributed by atoms with Gasteiger partial charge in [0.25, 0.3) is 0 Å². The standard InChI is InChI=1S/C13H11Cl3N4O/c14-9-3-1-2-8(10(9)15)11-17-12(16)19-13(18-11)20-4-6-21-7-5-20/h1-3H,4-7H2. The summed E-state index contributed by atoms with van der Waals surface area (Å²) >= 11 is 18.3. The average molecular weight is 346 g/mol. The third kappa shape index (κ3) is 3.21. The molecule has 1 fully saturated rings. The summed E-state index contributed by atoms with van der Waals surface area (Å²) in [6, 6.07) is 5.29. The van der Waals surface area contributed by atoms with Crippen LogP contribution in [0.15, 0.2) is 18.2 Å². The molecule has 1 aliphatic rings. The molecule has 0 unspecified atom stereocenters. The van der Waals surface area contributed by atoms with Crippen molar-refractivity contribution in [3.63, 3.8) is 0 Å². The lowest BCUT2D eigenvalue weighted by Crippen LogP contribution is -2.37. The molecule has 21 heavy (non-hydrogen) atoms. The quantitative estimate of drug-likeness (QED) is 0.835. The molecule has 0 bridgehead atoms. The summed E-state index contributed by atoms with van der Waals surface area (Å²) in [6.07, 6.45) is 0. The number of benzene rings is 1. The van der Waals surface area contributed by atoms with Crippen LogP contribution in [0.1, 0.15) is 0 Å². The van der Waals surface area contributed by atoms with E-state index < -0.39 is 0 Å². The Morgan fingerprint density at radius 3 is 2.52 bits per heavy atom. The summed E-state index contributed by atoms with van der Waals surface area (Å²) in [6.45, 7) is 2.69. The van der Waals surface area contributed by atoms with E-state index >= 15 is 0 Å². The molecule has 0 saturated carbocycles. The van der Waals surface area contributed by atoms with Crippen molar-refractivity contribution in [3.8, 4) is 11.4 Å². The molecule has 2 heterocycles. The highest BCUT2D eigenvalue weighted by molar-refractivity contribution is 6.43. The van der Waals surface area contributed by atoms with Crippen molar-refractivity contribution in [1.29, 1.82) is 0 Å². The molecule has 0 aliphatic carbocycles. The number of ether oxygens (including phenoxy) is 1. The van der Waals surface area contributed by atoms with Crippen LogP contribution < -0.4 is 4.90 Å². The number of aromatic nitrogens is 3. The number of hydrogen-bond acceptors (Lipinski definition) is 5. The SMILES string of the molecule is Clc1nc(-c2cccc(Cl)c2Cl)nc(N2CCOCC2)n1. The largest absolute Gasteiger partial charge is 0.378 e. The van der Waals surface area contributed by atoms with Gasteiger partial charge in [0, 0.05) is 18.7 Å². The van der Waals surface area contributed by atoms with Gasteiger partial charge in [-0.25, -0.2) is 0 Å². The van der Waals surface area contributed by atoms with E-state index in [9.17, 15) is 0 Å². The van der Waals surface area contributed by atoms with E-state index in [0.29, 0.717) is 53.7 Å². The summed E-state index contributed by atoms with van der Waals surface area (Å²) in [5.41, 5.74) is 0.628. The maximum atomic E-state index is 6.21. The van der Waals surface area contributed by atoms with Crippen molar-refractivity contribution in [1.82, 2.24) is 15.0 Å². The lowest BCUT2D eigenvalue weighted by atomic mass is 10.2. The maximum Gasteiger partial charge on any atom is 0.230 e. The number of halogens is 3. The molecule has 3 rings (SSSR count). The summed E-state index contributed by atoms with van der Waals surface area (Å²) in [7, 11) is 0. The molecule has 1 aromatic carbocycles. The Bertz CT molecular complexity index is 662. The van der Waals surface area contributed by atoms with Crippen molar-refractivity contribution in [2.75, 3.05) is 31.2 Å². The van der Waals surface area contributed by atoms with E-state index in [4.69, 9.17) is 39.5 Å². The zero-order valence-electron chi connectivity index (χ0n) is 10.9. The number of rotatable bonds is 2. The van der Waals surface area contributed by atoms with E-state index in [2.05, 4.69) is 15.0 Å². The number of nitrogens with zero attached hydrogens (tertiary/aromatic N) is 4. The normalized spacial score (nSPS) is 15.3. The van der Waals surface area contributed by atoms with Crippen molar-refractivity contribution >= 4 is 40.8 Å². The molecule has 0 amide bonds. The fraction of sp³-hybridized carbons (Fsp3) is 0.308. The van der Waals surface area contributed by atoms with Crippen molar-refractivity contribution in [2.45, 2.75) is 0 Å². The molecule has 1 aliphatic heterocycles. The van der Waals surface area contributed by atoms with Crippen LogP contribution in [0, 0.1) is 0 Å². The van der Waals surface area contributed by atoms with Crippen LogP contribution in [0.4, 0.5) is 5.95 Å². The number of hydrogen-bond donors (Lipinski definition) is 0. The zero-order valence-corrected chi connectivity index (χ0v) is 13.2. The van der Waals surface area contributed by atoms with Gasteiger partial charge in [-0.15, -0.1) is 0 Å². The van der Waals surface area contributed by atoms with Crippen molar-refractivity contribution in [3.05, 3.63) is 33.5 Å². The second-order valence-electron chi connectivity index (χ2n) is 4.43. The monoisotopic (exact) mass is 344 g/mol. The second-order valence-corrected chi connectivity index (χ2v) is 5.55. The number of morpholine rings is 1. The molecule has 0 atom stereocenters. The van der Waals surface area contributed by atoms with E-state index in [1.165, 1.54) is 0 Å². The second kappa shape index (κ2) is 6.32. The van der Waals surface area contributed by atoms with Gasteiger partial charge in [-0.2, -0.15) is 15.0 Å². The molecule has 1 saturated heterocycles. The van der Waals surface area contributed by atoms with Crippen LogP contribution in [-0.4, -0.2) is 41.3 Å². The molecule has 2 aromatic rings. The smallest absolute Gasteiger partial charge is 0.230 e. The molecule has 8 heteroatoms. The van der Waals surface area contributed by atoms with Crippen LogP contribution in [0.2, 0.25) is 15.3 Å². The topological polar surface area (TPSA) is 51.1 Å². The first-order chi connectivity index (χ1) is 10.1. The maximum absolute atomic E-state index is 6.21. The Morgan fingerprint density at radius 2 is 1.76 bits per heavy atom. The third-order valence-corrected chi connectivity index (χ3v) is 4.07. The molecular formula is C13H11Cl3N4O. The van der Waals surface area contributed by atoms with E-state index in [-0.39, 0.29) is 5.28 Å². The lowest BCUT2D eigenvalue weighted by molar-refractivity contribution is 0.122. The van der Waals surface area contributed by atoms with E-state index in [0.717, 1.165) is 0 Å². The van der Waals surface area contributed by atoms with Gasteiger partial charge in [-0.3, -0.25) is 0 Å². The molecule has 1 aromatic heterocycles. The van der Waals surface area contributed by atoms with Gasteiger partial charge in [0.2, 0.25) is 11.2 Å². The molecule has 110 valence electrons. The minimum absolute atomic E-state index is 0.123. The fourth-order valence-electron chi connectivity index (χ4n) is 2.04. The average Bonchev–Trinajstić information content (AvgIpc) is 2.50. The predicted octanol–water partition coefficient (Wildman–Crippen LogP) is 3.34. The summed E-state index contributed by atoms with van der Waals surface area (Å²) in [5, 5.41) is 0.963. The van der Waals surface area contributed by atoms with Crippen LogP contribution in [0.3, 0.4) is 0 Å².